The van der Waals surface area contributed by atoms with Crippen molar-refractivity contribution >= 4 is 11.9 Å². The van der Waals surface area contributed by atoms with Gasteiger partial charge in [0.1, 0.15) is 0 Å². The van der Waals surface area contributed by atoms with Gasteiger partial charge in [-0.2, -0.15) is 0 Å². The molecule has 31 heavy (non-hydrogen) atoms. The van der Waals surface area contributed by atoms with Crippen LogP contribution < -0.4 is 0 Å². The molecule has 0 spiro atoms. The Hall–Kier alpha value is -1.10. The highest BCUT2D eigenvalue weighted by Crippen LogP contribution is 2.14. The highest BCUT2D eigenvalue weighted by Gasteiger charge is 2.03. The van der Waals surface area contributed by atoms with Gasteiger partial charge in [0.25, 0.3) is 0 Å². The molecule has 5 nitrogen and oxygen atoms in total. The fourth-order valence-electron chi connectivity index (χ4n) is 3.55. The molecule has 0 aliphatic rings. The number of aliphatic hydroxyl groups excluding tert-OH is 1. The van der Waals surface area contributed by atoms with Gasteiger partial charge in [0, 0.05) is 12.8 Å². The second kappa shape index (κ2) is 26.9. The summed E-state index contributed by atoms with van der Waals surface area (Å²) in [5.41, 5.74) is 0. The van der Waals surface area contributed by atoms with Crippen LogP contribution in [0.1, 0.15) is 149 Å². The predicted molar refractivity (Wildman–Crippen MR) is 130 cm³/mol. The lowest BCUT2D eigenvalue weighted by Gasteiger charge is -2.10. The van der Waals surface area contributed by atoms with Crippen molar-refractivity contribution in [1.82, 2.24) is 0 Å². The van der Waals surface area contributed by atoms with Crippen molar-refractivity contribution < 1.29 is 24.9 Å². The minimum atomic E-state index is -0.870. The molecule has 0 aliphatic carbocycles. The molecule has 1 unspecified atom stereocenters. The zero-order valence-electron chi connectivity index (χ0n) is 20.6. The Labute approximate surface area is 192 Å². The summed E-state index contributed by atoms with van der Waals surface area (Å²) >= 11 is 0. The molecule has 0 aliphatic heterocycles. The summed E-state index contributed by atoms with van der Waals surface area (Å²) in [7, 11) is 0. The van der Waals surface area contributed by atoms with Gasteiger partial charge in [0.05, 0.1) is 6.10 Å². The molecule has 0 amide bonds. The number of hydrogen-bond donors (Lipinski definition) is 3. The zero-order valence-corrected chi connectivity index (χ0v) is 20.6. The Kier molecular flexibility index (Phi) is 27.9. The number of aliphatic carboxylic acids is 2. The van der Waals surface area contributed by atoms with Gasteiger partial charge in [-0.3, -0.25) is 9.59 Å². The number of unbranched alkanes of at least 4 members (excludes halogenated alkanes) is 14. The smallest absolute Gasteiger partial charge is 0.303 e. The topological polar surface area (TPSA) is 94.8 Å². The molecule has 0 bridgehead atoms. The van der Waals surface area contributed by atoms with Crippen molar-refractivity contribution in [2.24, 2.45) is 0 Å². The van der Waals surface area contributed by atoms with Crippen LogP contribution in [0.4, 0.5) is 0 Å². The van der Waals surface area contributed by atoms with Crippen LogP contribution in [0, 0.1) is 0 Å². The number of hydrogen-bond acceptors (Lipinski definition) is 3. The summed E-state index contributed by atoms with van der Waals surface area (Å²) in [6, 6.07) is 0. The number of aliphatic hydroxyl groups is 1. The first-order chi connectivity index (χ1) is 14.9. The van der Waals surface area contributed by atoms with E-state index in [0.717, 1.165) is 12.8 Å². The molecular weight excluding hydrogens is 392 g/mol. The SMILES string of the molecule is CCCCCCCCCCCC(O)CCCCCCCC.O=C(O)CCCCC(=O)O. The highest BCUT2D eigenvalue weighted by molar-refractivity contribution is 5.67. The van der Waals surface area contributed by atoms with Crippen molar-refractivity contribution in [2.75, 3.05) is 0 Å². The Morgan fingerprint density at radius 2 is 0.806 bits per heavy atom. The Morgan fingerprint density at radius 3 is 1.10 bits per heavy atom. The largest absolute Gasteiger partial charge is 0.481 e. The number of carboxylic acid groups (broad SMARTS) is 2. The van der Waals surface area contributed by atoms with E-state index in [9.17, 15) is 14.7 Å². The first-order valence-corrected chi connectivity index (χ1v) is 13.1. The predicted octanol–water partition coefficient (Wildman–Crippen LogP) is 7.73. The van der Waals surface area contributed by atoms with Gasteiger partial charge >= 0.3 is 11.9 Å². The Morgan fingerprint density at radius 1 is 0.516 bits per heavy atom. The highest BCUT2D eigenvalue weighted by atomic mass is 16.4. The maximum atomic E-state index is 9.95. The lowest BCUT2D eigenvalue weighted by atomic mass is 10.0. The van der Waals surface area contributed by atoms with Gasteiger partial charge in [-0.1, -0.05) is 110 Å². The van der Waals surface area contributed by atoms with Gasteiger partial charge in [0.2, 0.25) is 0 Å². The molecule has 0 fully saturated rings. The van der Waals surface area contributed by atoms with E-state index in [-0.39, 0.29) is 18.9 Å². The molecule has 0 rings (SSSR count). The number of carbonyl (C=O) groups is 2. The van der Waals surface area contributed by atoms with Crippen molar-refractivity contribution in [3.63, 3.8) is 0 Å². The monoisotopic (exact) mass is 444 g/mol. The van der Waals surface area contributed by atoms with Gasteiger partial charge in [-0.25, -0.2) is 0 Å². The first kappa shape index (κ1) is 32.1. The standard InChI is InChI=1S/C20H42O.C6H10O4/c1-3-5-7-9-11-12-13-15-17-19-20(21)18-16-14-10-8-6-4-2;7-5(8)3-1-2-4-6(9)10/h20-21H,3-19H2,1-2H3;1-4H2,(H,7,8)(H,9,10). The molecule has 0 heterocycles. The molecule has 0 radical (unpaired) electrons. The fraction of sp³-hybridized carbons (Fsp3) is 0.923. The Balaban J connectivity index is 0. The van der Waals surface area contributed by atoms with Crippen LogP contribution in [0.5, 0.6) is 0 Å². The second-order valence-corrected chi connectivity index (χ2v) is 8.82. The molecule has 0 saturated heterocycles. The van der Waals surface area contributed by atoms with Crippen molar-refractivity contribution in [3.8, 4) is 0 Å². The minimum absolute atomic E-state index is 0.0271. The van der Waals surface area contributed by atoms with E-state index in [1.165, 1.54) is 96.3 Å². The maximum Gasteiger partial charge on any atom is 0.303 e. The average molecular weight is 445 g/mol. The summed E-state index contributed by atoms with van der Waals surface area (Å²) in [6.45, 7) is 4.53. The summed E-state index contributed by atoms with van der Waals surface area (Å²) in [6.07, 6.45) is 23.4. The fourth-order valence-corrected chi connectivity index (χ4v) is 3.55. The first-order valence-electron chi connectivity index (χ1n) is 13.1. The normalized spacial score (nSPS) is 11.6. The third-order valence-electron chi connectivity index (χ3n) is 5.56. The molecule has 0 aromatic heterocycles. The third kappa shape index (κ3) is 33.7. The summed E-state index contributed by atoms with van der Waals surface area (Å²) in [5, 5.41) is 26.2. The lowest BCUT2D eigenvalue weighted by molar-refractivity contribution is -0.139. The van der Waals surface area contributed by atoms with E-state index < -0.39 is 11.9 Å². The molecule has 1 atom stereocenters. The van der Waals surface area contributed by atoms with Crippen LogP contribution in [0.3, 0.4) is 0 Å². The van der Waals surface area contributed by atoms with E-state index in [1.807, 2.05) is 0 Å². The number of rotatable bonds is 22. The maximum absolute atomic E-state index is 9.95. The van der Waals surface area contributed by atoms with E-state index in [1.54, 1.807) is 0 Å². The average Bonchev–Trinajstić information content (AvgIpc) is 2.73. The number of carboxylic acids is 2. The van der Waals surface area contributed by atoms with Crippen LogP contribution >= 0.6 is 0 Å². The molecule has 0 aromatic rings. The summed E-state index contributed by atoms with van der Waals surface area (Å²) in [5.74, 6) is -1.74. The lowest BCUT2D eigenvalue weighted by Crippen LogP contribution is -2.05. The van der Waals surface area contributed by atoms with Crippen LogP contribution in [-0.4, -0.2) is 33.4 Å². The molecule has 186 valence electrons. The van der Waals surface area contributed by atoms with Crippen molar-refractivity contribution in [3.05, 3.63) is 0 Å². The third-order valence-corrected chi connectivity index (χ3v) is 5.56. The van der Waals surface area contributed by atoms with E-state index >= 15 is 0 Å². The molecular formula is C26H52O5. The molecule has 0 aromatic carbocycles. The zero-order chi connectivity index (χ0) is 23.6. The molecule has 0 saturated carbocycles. The van der Waals surface area contributed by atoms with E-state index in [0.29, 0.717) is 12.8 Å². The summed E-state index contributed by atoms with van der Waals surface area (Å²) < 4.78 is 0. The van der Waals surface area contributed by atoms with Gasteiger partial charge in [0.15, 0.2) is 0 Å². The van der Waals surface area contributed by atoms with Gasteiger partial charge < -0.3 is 15.3 Å². The van der Waals surface area contributed by atoms with Crippen molar-refractivity contribution in [1.29, 1.82) is 0 Å². The second-order valence-electron chi connectivity index (χ2n) is 8.82. The van der Waals surface area contributed by atoms with Crippen LogP contribution in [0.15, 0.2) is 0 Å². The minimum Gasteiger partial charge on any atom is -0.481 e. The summed E-state index contributed by atoms with van der Waals surface area (Å²) in [4.78, 5) is 19.8. The van der Waals surface area contributed by atoms with E-state index in [4.69, 9.17) is 10.2 Å². The van der Waals surface area contributed by atoms with Crippen LogP contribution in [0.2, 0.25) is 0 Å². The van der Waals surface area contributed by atoms with Crippen LogP contribution in [-0.2, 0) is 9.59 Å². The van der Waals surface area contributed by atoms with E-state index in [2.05, 4.69) is 13.8 Å². The Bertz CT molecular complexity index is 368. The van der Waals surface area contributed by atoms with Crippen LogP contribution in [0.25, 0.3) is 0 Å². The molecule has 3 N–H and O–H groups in total. The van der Waals surface area contributed by atoms with Gasteiger partial charge in [-0.05, 0) is 25.7 Å². The quantitative estimate of drug-likeness (QED) is 0.148. The van der Waals surface area contributed by atoms with Crippen molar-refractivity contribution in [2.45, 2.75) is 155 Å². The molecule has 5 heteroatoms. The van der Waals surface area contributed by atoms with Gasteiger partial charge in [-0.15, -0.1) is 0 Å².